The van der Waals surface area contributed by atoms with Gasteiger partial charge in [-0.15, -0.1) is 0 Å². The van der Waals surface area contributed by atoms with E-state index in [0.29, 0.717) is 23.0 Å². The van der Waals surface area contributed by atoms with Crippen LogP contribution in [0.4, 0.5) is 10.2 Å². The van der Waals surface area contributed by atoms with E-state index in [2.05, 4.69) is 32.3 Å². The van der Waals surface area contributed by atoms with E-state index >= 15 is 0 Å². The highest BCUT2D eigenvalue weighted by Crippen LogP contribution is 2.21. The number of amides is 2. The Morgan fingerprint density at radius 2 is 2.21 bits per heavy atom. The number of carbonyl (C=O) groups is 2. The monoisotopic (exact) mass is 393 g/mol. The molecule has 9 heteroatoms. The van der Waals surface area contributed by atoms with Crippen molar-refractivity contribution in [1.82, 2.24) is 20.1 Å². The van der Waals surface area contributed by atoms with Gasteiger partial charge in [0.1, 0.15) is 11.6 Å². The average molecular weight is 393 g/mol. The highest BCUT2D eigenvalue weighted by molar-refractivity contribution is 6.10. The number of likely N-dealkylation sites (N-methyl/N-ethyl adjacent to an activating group) is 1. The Balaban J connectivity index is 1.54. The summed E-state index contributed by atoms with van der Waals surface area (Å²) in [6.07, 6.45) is 1.68. The van der Waals surface area contributed by atoms with Gasteiger partial charge in [0.15, 0.2) is 5.69 Å². The van der Waals surface area contributed by atoms with Crippen LogP contribution in [-0.2, 0) is 4.79 Å². The second-order valence-electron chi connectivity index (χ2n) is 6.73. The van der Waals surface area contributed by atoms with E-state index in [1.54, 1.807) is 13.1 Å². The summed E-state index contributed by atoms with van der Waals surface area (Å²) in [5, 5.41) is 20.0. The van der Waals surface area contributed by atoms with Gasteiger partial charge in [-0.25, -0.2) is 9.37 Å². The summed E-state index contributed by atoms with van der Waals surface area (Å²) < 4.78 is 13.3. The van der Waals surface area contributed by atoms with Gasteiger partial charge in [0.05, 0.1) is 5.52 Å². The van der Waals surface area contributed by atoms with Crippen molar-refractivity contribution in [1.29, 1.82) is 0 Å². The van der Waals surface area contributed by atoms with E-state index in [1.165, 1.54) is 35.4 Å². The molecule has 1 fully saturated rings. The van der Waals surface area contributed by atoms with Crippen LogP contribution in [0.1, 0.15) is 22.5 Å². The number of hydrogen-bond acceptors (Lipinski definition) is 5. The van der Waals surface area contributed by atoms with Crippen molar-refractivity contribution in [3.05, 3.63) is 53.6 Å². The minimum atomic E-state index is -1.70. The summed E-state index contributed by atoms with van der Waals surface area (Å²) in [4.78, 5) is 30.0. The van der Waals surface area contributed by atoms with Gasteiger partial charge in [-0.2, -0.15) is 5.10 Å². The van der Waals surface area contributed by atoms with E-state index in [0.717, 1.165) is 0 Å². The van der Waals surface area contributed by atoms with Crippen LogP contribution >= 0.6 is 0 Å². The van der Waals surface area contributed by atoms with E-state index in [-0.39, 0.29) is 17.9 Å². The summed E-state index contributed by atoms with van der Waals surface area (Å²) in [5.74, 6) is 4.20. The first kappa shape index (κ1) is 18.6. The first-order valence-corrected chi connectivity index (χ1v) is 8.78. The Morgan fingerprint density at radius 1 is 1.38 bits per heavy atom. The molecule has 2 aromatic heterocycles. The molecule has 29 heavy (non-hydrogen) atoms. The van der Waals surface area contributed by atoms with Crippen LogP contribution < -0.4 is 5.32 Å². The second kappa shape index (κ2) is 7.00. The van der Waals surface area contributed by atoms with Gasteiger partial charge in [0.2, 0.25) is 5.60 Å². The average Bonchev–Trinajstić information content (AvgIpc) is 3.23. The molecule has 3 aromatic rings. The van der Waals surface area contributed by atoms with Gasteiger partial charge in [0.25, 0.3) is 11.8 Å². The number of nitrogens with one attached hydrogen (secondary N) is 2. The number of H-pyrrole nitrogens is 1. The number of pyridine rings is 1. The van der Waals surface area contributed by atoms with Crippen molar-refractivity contribution in [2.45, 2.75) is 12.0 Å². The molecule has 1 aromatic carbocycles. The number of anilines is 1. The van der Waals surface area contributed by atoms with Crippen LogP contribution in [0.15, 0.2) is 36.5 Å². The molecule has 146 valence electrons. The summed E-state index contributed by atoms with van der Waals surface area (Å²) in [6.45, 7) is 0.434. The topological polar surface area (TPSA) is 111 Å². The maximum Gasteiger partial charge on any atom is 0.277 e. The van der Waals surface area contributed by atoms with E-state index in [1.807, 2.05) is 0 Å². The van der Waals surface area contributed by atoms with Crippen molar-refractivity contribution < 1.29 is 19.1 Å². The number of likely N-dealkylation sites (tertiary alicyclic amines) is 1. The first-order chi connectivity index (χ1) is 13.9. The molecule has 1 saturated heterocycles. The zero-order valence-corrected chi connectivity index (χ0v) is 15.4. The minimum Gasteiger partial charge on any atom is -0.369 e. The highest BCUT2D eigenvalue weighted by atomic mass is 19.1. The molecule has 0 radical (unpaired) electrons. The van der Waals surface area contributed by atoms with E-state index in [4.69, 9.17) is 0 Å². The Kier molecular flexibility index (Phi) is 4.48. The highest BCUT2D eigenvalue weighted by Gasteiger charge is 2.42. The van der Waals surface area contributed by atoms with Crippen molar-refractivity contribution in [2.75, 3.05) is 18.9 Å². The third-order valence-electron chi connectivity index (χ3n) is 4.66. The van der Waals surface area contributed by atoms with Crippen molar-refractivity contribution in [3.63, 3.8) is 0 Å². The number of nitrogens with zero attached hydrogens (tertiary/aromatic N) is 3. The van der Waals surface area contributed by atoms with Gasteiger partial charge in [-0.05, 0) is 30.3 Å². The smallest absolute Gasteiger partial charge is 0.277 e. The summed E-state index contributed by atoms with van der Waals surface area (Å²) >= 11 is 0. The fraction of sp³-hybridized carbons (Fsp3) is 0.200. The predicted molar refractivity (Wildman–Crippen MR) is 102 cm³/mol. The summed E-state index contributed by atoms with van der Waals surface area (Å²) in [5.41, 5.74) is -0.723. The third kappa shape index (κ3) is 3.53. The third-order valence-corrected chi connectivity index (χ3v) is 4.66. The molecule has 1 atom stereocenters. The molecule has 8 nitrogen and oxygen atoms in total. The zero-order chi connectivity index (χ0) is 20.6. The lowest BCUT2D eigenvalue weighted by Crippen LogP contribution is -2.37. The minimum absolute atomic E-state index is 0.104. The molecule has 0 spiro atoms. The molecule has 0 aliphatic carbocycles. The number of aromatic nitrogens is 3. The number of aromatic amines is 1. The van der Waals surface area contributed by atoms with E-state index < -0.39 is 23.2 Å². The largest absolute Gasteiger partial charge is 0.369 e. The van der Waals surface area contributed by atoms with Crippen LogP contribution in [0.2, 0.25) is 0 Å². The first-order valence-electron chi connectivity index (χ1n) is 8.78. The van der Waals surface area contributed by atoms with Gasteiger partial charge in [-0.1, -0.05) is 11.8 Å². The second-order valence-corrected chi connectivity index (χ2v) is 6.73. The number of benzene rings is 1. The van der Waals surface area contributed by atoms with Crippen molar-refractivity contribution in [2.24, 2.45) is 0 Å². The van der Waals surface area contributed by atoms with Crippen molar-refractivity contribution in [3.8, 4) is 11.8 Å². The molecule has 1 aliphatic heterocycles. The maximum absolute atomic E-state index is 13.3. The molecule has 2 amide bonds. The molecule has 0 unspecified atom stereocenters. The number of aliphatic hydroxyl groups is 1. The predicted octanol–water partition coefficient (Wildman–Crippen LogP) is 1.29. The van der Waals surface area contributed by atoms with Crippen LogP contribution in [0.25, 0.3) is 10.9 Å². The molecular weight excluding hydrogens is 377 g/mol. The number of hydrogen-bond donors (Lipinski definition) is 3. The van der Waals surface area contributed by atoms with Gasteiger partial charge >= 0.3 is 0 Å². The lowest BCUT2D eigenvalue weighted by molar-refractivity contribution is -0.137. The Bertz CT molecular complexity index is 1200. The molecule has 3 heterocycles. The molecule has 0 bridgehead atoms. The Labute approximate surface area is 164 Å². The fourth-order valence-corrected chi connectivity index (χ4v) is 3.06. The number of fused-ring (bicyclic) bond motifs is 1. The van der Waals surface area contributed by atoms with Crippen LogP contribution in [0.5, 0.6) is 0 Å². The van der Waals surface area contributed by atoms with Crippen LogP contribution in [0, 0.1) is 17.7 Å². The number of rotatable bonds is 2. The molecule has 3 N–H and O–H groups in total. The van der Waals surface area contributed by atoms with E-state index in [9.17, 15) is 19.1 Å². The number of carbonyl (C=O) groups excluding carboxylic acids is 2. The molecular formula is C20H16FN5O3. The standard InChI is InChI=1S/C20H16FN5O3/c1-26-9-7-20(29,19(26)28)6-4-12-5-8-22-16(10-12)23-18(27)17-14-3-2-13(21)11-15(14)24-25-17/h2-3,5,8,10-11,29H,7,9H2,1H3,(H,24,25)(H,22,23,27)/t20-/m0/s1. The lowest BCUT2D eigenvalue weighted by Gasteiger charge is -2.13. The molecule has 4 rings (SSSR count). The van der Waals surface area contributed by atoms with Crippen molar-refractivity contribution >= 4 is 28.5 Å². The van der Waals surface area contributed by atoms with Gasteiger partial charge in [0, 0.05) is 37.2 Å². The Morgan fingerprint density at radius 3 is 2.97 bits per heavy atom. The number of halogens is 1. The maximum atomic E-state index is 13.3. The zero-order valence-electron chi connectivity index (χ0n) is 15.4. The van der Waals surface area contributed by atoms with Crippen LogP contribution in [0.3, 0.4) is 0 Å². The molecule has 1 aliphatic rings. The SMILES string of the molecule is CN1CC[C@@](O)(C#Cc2ccnc(NC(=O)c3n[nH]c4cc(F)ccc34)c2)C1=O. The summed E-state index contributed by atoms with van der Waals surface area (Å²) in [7, 11) is 1.61. The lowest BCUT2D eigenvalue weighted by atomic mass is 10.0. The normalized spacial score (nSPS) is 18.6. The quantitative estimate of drug-likeness (QED) is 0.568. The summed E-state index contributed by atoms with van der Waals surface area (Å²) in [6, 6.07) is 7.08. The Hall–Kier alpha value is -3.77. The van der Waals surface area contributed by atoms with Crippen LogP contribution in [-0.4, -0.2) is 56.2 Å². The molecule has 0 saturated carbocycles. The van der Waals surface area contributed by atoms with Gasteiger partial charge < -0.3 is 15.3 Å². The van der Waals surface area contributed by atoms with Gasteiger partial charge in [-0.3, -0.25) is 14.7 Å². The fourth-order valence-electron chi connectivity index (χ4n) is 3.06.